The van der Waals surface area contributed by atoms with Crippen molar-refractivity contribution in [3.05, 3.63) is 99.6 Å². The molecule has 0 aromatic heterocycles. The first-order chi connectivity index (χ1) is 13.1. The molecule has 3 rings (SSSR count). The molecular formula is C21H18N2O3S. The van der Waals surface area contributed by atoms with Gasteiger partial charge < -0.3 is 5.32 Å². The summed E-state index contributed by atoms with van der Waals surface area (Å²) in [7, 11) is 0. The Labute approximate surface area is 161 Å². The lowest BCUT2D eigenvalue weighted by atomic mass is 10.0. The minimum atomic E-state index is -0.466. The van der Waals surface area contributed by atoms with Crippen molar-refractivity contribution < 1.29 is 9.72 Å². The Kier molecular flexibility index (Phi) is 5.88. The quantitative estimate of drug-likeness (QED) is 0.365. The van der Waals surface area contributed by atoms with E-state index in [1.165, 1.54) is 17.8 Å². The first-order valence-corrected chi connectivity index (χ1v) is 9.56. The molecule has 0 saturated carbocycles. The van der Waals surface area contributed by atoms with Gasteiger partial charge in [0.15, 0.2) is 0 Å². The summed E-state index contributed by atoms with van der Waals surface area (Å²) in [6, 6.07) is 22.1. The van der Waals surface area contributed by atoms with Gasteiger partial charge in [-0.15, -0.1) is 11.8 Å². The Morgan fingerprint density at radius 3 is 2.44 bits per heavy atom. The van der Waals surface area contributed by atoms with E-state index in [4.69, 9.17) is 0 Å². The fourth-order valence-electron chi connectivity index (χ4n) is 2.78. The van der Waals surface area contributed by atoms with E-state index in [-0.39, 0.29) is 17.2 Å². The van der Waals surface area contributed by atoms with E-state index in [0.717, 1.165) is 11.1 Å². The van der Waals surface area contributed by atoms with E-state index in [1.54, 1.807) is 18.4 Å². The predicted octanol–water partition coefficient (Wildman–Crippen LogP) is 5.16. The summed E-state index contributed by atoms with van der Waals surface area (Å²) in [5.74, 6) is -0.369. The van der Waals surface area contributed by atoms with Gasteiger partial charge in [0, 0.05) is 17.3 Å². The first-order valence-electron chi connectivity index (χ1n) is 8.34. The Balaban J connectivity index is 1.85. The molecule has 0 aliphatic heterocycles. The number of hydrogen-bond donors (Lipinski definition) is 1. The molecule has 0 bridgehead atoms. The first kappa shape index (κ1) is 18.7. The number of carbonyl (C=O) groups excluding carboxylic acids is 1. The second-order valence-electron chi connectivity index (χ2n) is 5.92. The minimum Gasteiger partial charge on any atom is -0.322 e. The highest BCUT2D eigenvalue weighted by Crippen LogP contribution is 2.29. The second-order valence-corrected chi connectivity index (χ2v) is 6.77. The molecular weight excluding hydrogens is 360 g/mol. The van der Waals surface area contributed by atoms with Gasteiger partial charge in [0.1, 0.15) is 0 Å². The van der Waals surface area contributed by atoms with Gasteiger partial charge in [-0.2, -0.15) is 0 Å². The zero-order valence-electron chi connectivity index (χ0n) is 14.7. The summed E-state index contributed by atoms with van der Waals surface area (Å²) in [4.78, 5) is 23.9. The maximum atomic E-state index is 12.7. The van der Waals surface area contributed by atoms with Crippen LogP contribution >= 0.6 is 11.8 Å². The molecule has 3 aromatic rings. The lowest BCUT2D eigenvalue weighted by Gasteiger charge is -2.12. The standard InChI is InChI=1S/C21H18N2O3S/c1-27-20-12-11-17(14-19(20)23(25)26)21(24)22-18-10-6-5-9-16(18)13-15-7-3-2-4-8-15/h2-12,14H,13H2,1H3,(H,22,24). The number of benzene rings is 3. The van der Waals surface area contributed by atoms with Crippen LogP contribution in [0.25, 0.3) is 0 Å². The number of carbonyl (C=O) groups is 1. The molecule has 0 aliphatic rings. The fraction of sp³-hybridized carbons (Fsp3) is 0.0952. The van der Waals surface area contributed by atoms with Crippen molar-refractivity contribution in [2.24, 2.45) is 0 Å². The van der Waals surface area contributed by atoms with Crippen molar-refractivity contribution in [2.75, 3.05) is 11.6 Å². The zero-order chi connectivity index (χ0) is 19.2. The number of hydrogen-bond acceptors (Lipinski definition) is 4. The highest BCUT2D eigenvalue weighted by Gasteiger charge is 2.17. The van der Waals surface area contributed by atoms with Crippen LogP contribution in [0.1, 0.15) is 21.5 Å². The molecule has 1 amide bonds. The number of nitro benzene ring substituents is 1. The highest BCUT2D eigenvalue weighted by molar-refractivity contribution is 7.98. The van der Waals surface area contributed by atoms with E-state index in [2.05, 4.69) is 5.32 Å². The van der Waals surface area contributed by atoms with Gasteiger partial charge in [0.2, 0.25) is 0 Å². The SMILES string of the molecule is CSc1ccc(C(=O)Nc2ccccc2Cc2ccccc2)cc1[N+](=O)[O-]. The highest BCUT2D eigenvalue weighted by atomic mass is 32.2. The third kappa shape index (κ3) is 4.54. The van der Waals surface area contributed by atoms with Crippen LogP contribution in [0.5, 0.6) is 0 Å². The molecule has 0 radical (unpaired) electrons. The summed E-state index contributed by atoms with van der Waals surface area (Å²) in [6.07, 6.45) is 2.45. The molecule has 0 unspecified atom stereocenters. The summed E-state index contributed by atoms with van der Waals surface area (Å²) >= 11 is 1.28. The van der Waals surface area contributed by atoms with Crippen LogP contribution in [-0.2, 0) is 6.42 Å². The molecule has 3 aromatic carbocycles. The summed E-state index contributed by atoms with van der Waals surface area (Å²) in [5, 5.41) is 14.1. The smallest absolute Gasteiger partial charge is 0.283 e. The fourth-order valence-corrected chi connectivity index (χ4v) is 3.33. The van der Waals surface area contributed by atoms with Crippen molar-refractivity contribution in [3.8, 4) is 0 Å². The molecule has 136 valence electrons. The van der Waals surface area contributed by atoms with Crippen molar-refractivity contribution in [1.29, 1.82) is 0 Å². The number of thioether (sulfide) groups is 1. The molecule has 0 heterocycles. The maximum Gasteiger partial charge on any atom is 0.283 e. The third-order valence-corrected chi connectivity index (χ3v) is 4.93. The third-order valence-electron chi connectivity index (χ3n) is 4.14. The maximum absolute atomic E-state index is 12.7. The van der Waals surface area contributed by atoms with Gasteiger partial charge in [-0.25, -0.2) is 0 Å². The monoisotopic (exact) mass is 378 g/mol. The van der Waals surface area contributed by atoms with Crippen molar-refractivity contribution in [1.82, 2.24) is 0 Å². The number of anilines is 1. The zero-order valence-corrected chi connectivity index (χ0v) is 15.5. The number of amides is 1. The second kappa shape index (κ2) is 8.51. The molecule has 27 heavy (non-hydrogen) atoms. The van der Waals surface area contributed by atoms with Gasteiger partial charge in [-0.3, -0.25) is 14.9 Å². The van der Waals surface area contributed by atoms with Gasteiger partial charge in [-0.05, 0) is 42.0 Å². The van der Waals surface area contributed by atoms with Gasteiger partial charge in [0.05, 0.1) is 9.82 Å². The van der Waals surface area contributed by atoms with E-state index in [0.29, 0.717) is 17.0 Å². The number of para-hydroxylation sites is 1. The molecule has 1 N–H and O–H groups in total. The van der Waals surface area contributed by atoms with Gasteiger partial charge in [-0.1, -0.05) is 48.5 Å². The van der Waals surface area contributed by atoms with E-state index in [1.807, 2.05) is 54.6 Å². The summed E-state index contributed by atoms with van der Waals surface area (Å²) in [6.45, 7) is 0. The molecule has 0 spiro atoms. The molecule has 0 saturated heterocycles. The van der Waals surface area contributed by atoms with Crippen LogP contribution in [0.2, 0.25) is 0 Å². The Hall–Kier alpha value is -3.12. The lowest BCUT2D eigenvalue weighted by Crippen LogP contribution is -2.14. The van der Waals surface area contributed by atoms with Crippen LogP contribution < -0.4 is 5.32 Å². The molecule has 0 atom stereocenters. The van der Waals surface area contributed by atoms with Crippen LogP contribution in [0.4, 0.5) is 11.4 Å². The molecule has 5 nitrogen and oxygen atoms in total. The van der Waals surface area contributed by atoms with Crippen molar-refractivity contribution in [2.45, 2.75) is 11.3 Å². The Morgan fingerprint density at radius 1 is 1.04 bits per heavy atom. The minimum absolute atomic E-state index is 0.0623. The largest absolute Gasteiger partial charge is 0.322 e. The number of nitrogens with zero attached hydrogens (tertiary/aromatic N) is 1. The molecule has 0 fully saturated rings. The van der Waals surface area contributed by atoms with Gasteiger partial charge in [0.25, 0.3) is 11.6 Å². The van der Waals surface area contributed by atoms with Crippen molar-refractivity contribution in [3.63, 3.8) is 0 Å². The van der Waals surface area contributed by atoms with Crippen LogP contribution in [-0.4, -0.2) is 17.1 Å². The predicted molar refractivity (Wildman–Crippen MR) is 109 cm³/mol. The average molecular weight is 378 g/mol. The van der Waals surface area contributed by atoms with E-state index < -0.39 is 4.92 Å². The number of nitro groups is 1. The number of nitrogens with one attached hydrogen (secondary N) is 1. The van der Waals surface area contributed by atoms with Crippen LogP contribution in [0, 0.1) is 10.1 Å². The lowest BCUT2D eigenvalue weighted by molar-refractivity contribution is -0.387. The normalized spacial score (nSPS) is 10.4. The number of rotatable bonds is 6. The van der Waals surface area contributed by atoms with E-state index in [9.17, 15) is 14.9 Å². The summed E-state index contributed by atoms with van der Waals surface area (Å²) < 4.78 is 0. The molecule has 0 aliphatic carbocycles. The topological polar surface area (TPSA) is 72.2 Å². The van der Waals surface area contributed by atoms with E-state index >= 15 is 0 Å². The van der Waals surface area contributed by atoms with Crippen molar-refractivity contribution >= 4 is 29.0 Å². The molecule has 6 heteroatoms. The Bertz CT molecular complexity index is 974. The summed E-state index contributed by atoms with van der Waals surface area (Å²) in [5.41, 5.74) is 3.01. The van der Waals surface area contributed by atoms with Crippen LogP contribution in [0.15, 0.2) is 77.7 Å². The Morgan fingerprint density at radius 2 is 1.74 bits per heavy atom. The van der Waals surface area contributed by atoms with Crippen LogP contribution in [0.3, 0.4) is 0 Å². The van der Waals surface area contributed by atoms with Gasteiger partial charge >= 0.3 is 0 Å². The average Bonchev–Trinajstić information content (AvgIpc) is 2.69.